The first-order valence-corrected chi connectivity index (χ1v) is 8.87. The van der Waals surface area contributed by atoms with Crippen molar-refractivity contribution in [3.8, 4) is 0 Å². The average molecular weight is 283 g/mol. The standard InChI is InChI=1S/C18H38N2/c1-7-18(8-2,13-19-11-15(3)4)14-20-12-16(5)9-10-17(20)6/h15-17,19H,7-14H2,1-6H3. The van der Waals surface area contributed by atoms with Gasteiger partial charge in [0.25, 0.3) is 0 Å². The van der Waals surface area contributed by atoms with Crippen LogP contribution < -0.4 is 5.32 Å². The number of nitrogens with one attached hydrogen (secondary N) is 1. The van der Waals surface area contributed by atoms with Gasteiger partial charge in [-0.05, 0) is 56.4 Å². The van der Waals surface area contributed by atoms with Crippen molar-refractivity contribution >= 4 is 0 Å². The highest BCUT2D eigenvalue weighted by Crippen LogP contribution is 2.31. The first-order valence-electron chi connectivity index (χ1n) is 8.87. The van der Waals surface area contributed by atoms with E-state index in [1.54, 1.807) is 0 Å². The summed E-state index contributed by atoms with van der Waals surface area (Å²) in [5.41, 5.74) is 0.459. The maximum atomic E-state index is 3.72. The number of hydrogen-bond donors (Lipinski definition) is 1. The average Bonchev–Trinajstić information content (AvgIpc) is 2.41. The normalized spacial score (nSPS) is 25.4. The van der Waals surface area contributed by atoms with Crippen molar-refractivity contribution in [2.24, 2.45) is 17.3 Å². The van der Waals surface area contributed by atoms with Gasteiger partial charge < -0.3 is 5.32 Å². The summed E-state index contributed by atoms with van der Waals surface area (Å²) in [7, 11) is 0. The van der Waals surface area contributed by atoms with Crippen molar-refractivity contribution < 1.29 is 0 Å². The summed E-state index contributed by atoms with van der Waals surface area (Å²) in [5.74, 6) is 1.62. The van der Waals surface area contributed by atoms with Crippen molar-refractivity contribution in [3.05, 3.63) is 0 Å². The van der Waals surface area contributed by atoms with Crippen LogP contribution in [0.1, 0.15) is 67.2 Å². The molecule has 1 saturated heterocycles. The molecule has 0 aromatic rings. The minimum Gasteiger partial charge on any atom is -0.316 e. The minimum atomic E-state index is 0.459. The van der Waals surface area contributed by atoms with Gasteiger partial charge >= 0.3 is 0 Å². The van der Waals surface area contributed by atoms with Crippen molar-refractivity contribution in [2.45, 2.75) is 73.3 Å². The number of rotatable bonds is 8. The maximum Gasteiger partial charge on any atom is 0.00673 e. The molecule has 1 rings (SSSR count). The van der Waals surface area contributed by atoms with Crippen LogP contribution in [-0.4, -0.2) is 37.1 Å². The third-order valence-electron chi connectivity index (χ3n) is 5.34. The predicted octanol–water partition coefficient (Wildman–Crippen LogP) is 4.16. The Balaban J connectivity index is 2.59. The molecule has 0 aliphatic carbocycles. The molecule has 0 aromatic carbocycles. The molecule has 2 nitrogen and oxygen atoms in total. The van der Waals surface area contributed by atoms with Gasteiger partial charge in [-0.3, -0.25) is 4.90 Å². The van der Waals surface area contributed by atoms with Gasteiger partial charge in [0.05, 0.1) is 0 Å². The number of piperidine rings is 1. The zero-order valence-corrected chi connectivity index (χ0v) is 14.8. The van der Waals surface area contributed by atoms with Crippen LogP contribution in [0.2, 0.25) is 0 Å². The summed E-state index contributed by atoms with van der Waals surface area (Å²) in [4.78, 5) is 2.76. The van der Waals surface area contributed by atoms with E-state index in [9.17, 15) is 0 Å². The fourth-order valence-corrected chi connectivity index (χ4v) is 3.44. The van der Waals surface area contributed by atoms with Crippen LogP contribution in [0.3, 0.4) is 0 Å². The second-order valence-electron chi connectivity index (χ2n) is 7.69. The molecule has 0 saturated carbocycles. The summed E-state index contributed by atoms with van der Waals surface area (Å²) in [6.07, 6.45) is 5.36. The van der Waals surface area contributed by atoms with Gasteiger partial charge in [0.2, 0.25) is 0 Å². The summed E-state index contributed by atoms with van der Waals surface area (Å²) in [6.45, 7) is 19.1. The summed E-state index contributed by atoms with van der Waals surface area (Å²) in [6, 6.07) is 0.772. The molecule has 1 aliphatic rings. The van der Waals surface area contributed by atoms with E-state index >= 15 is 0 Å². The lowest BCUT2D eigenvalue weighted by atomic mass is 9.80. The van der Waals surface area contributed by atoms with E-state index in [0.29, 0.717) is 5.41 Å². The molecule has 1 aliphatic heterocycles. The highest BCUT2D eigenvalue weighted by Gasteiger charge is 2.32. The number of likely N-dealkylation sites (tertiary alicyclic amines) is 1. The SMILES string of the molecule is CCC(CC)(CNCC(C)C)CN1CC(C)CCC1C. The second-order valence-corrected chi connectivity index (χ2v) is 7.69. The number of nitrogens with zero attached hydrogens (tertiary/aromatic N) is 1. The quantitative estimate of drug-likeness (QED) is 0.719. The third kappa shape index (κ3) is 5.37. The first kappa shape index (κ1) is 18.0. The molecule has 0 spiro atoms. The fraction of sp³-hybridized carbons (Fsp3) is 1.00. The lowest BCUT2D eigenvalue weighted by Gasteiger charge is -2.44. The van der Waals surface area contributed by atoms with Crippen LogP contribution in [-0.2, 0) is 0 Å². The van der Waals surface area contributed by atoms with Crippen LogP contribution in [0.4, 0.5) is 0 Å². The molecule has 20 heavy (non-hydrogen) atoms. The van der Waals surface area contributed by atoms with E-state index in [0.717, 1.165) is 24.4 Å². The molecule has 0 bridgehead atoms. The van der Waals surface area contributed by atoms with Crippen molar-refractivity contribution in [3.63, 3.8) is 0 Å². The number of hydrogen-bond acceptors (Lipinski definition) is 2. The van der Waals surface area contributed by atoms with Crippen molar-refractivity contribution in [2.75, 3.05) is 26.2 Å². The van der Waals surface area contributed by atoms with Crippen LogP contribution in [0.15, 0.2) is 0 Å². The second kappa shape index (κ2) is 8.38. The highest BCUT2D eigenvalue weighted by molar-refractivity contribution is 4.87. The summed E-state index contributed by atoms with van der Waals surface area (Å²) < 4.78 is 0. The summed E-state index contributed by atoms with van der Waals surface area (Å²) in [5, 5.41) is 3.72. The van der Waals surface area contributed by atoms with E-state index in [1.165, 1.54) is 45.3 Å². The zero-order valence-electron chi connectivity index (χ0n) is 14.8. The molecule has 0 radical (unpaired) electrons. The molecule has 2 atom stereocenters. The Labute approximate surface area is 127 Å². The van der Waals surface area contributed by atoms with Gasteiger partial charge in [0, 0.05) is 25.7 Å². The Hall–Kier alpha value is -0.0800. The van der Waals surface area contributed by atoms with E-state index < -0.39 is 0 Å². The Morgan fingerprint density at radius 3 is 2.35 bits per heavy atom. The largest absolute Gasteiger partial charge is 0.316 e. The van der Waals surface area contributed by atoms with E-state index in [-0.39, 0.29) is 0 Å². The molecular formula is C18H38N2. The molecule has 1 heterocycles. The van der Waals surface area contributed by atoms with Crippen LogP contribution in [0.5, 0.6) is 0 Å². The van der Waals surface area contributed by atoms with Gasteiger partial charge in [-0.15, -0.1) is 0 Å². The molecule has 0 amide bonds. The van der Waals surface area contributed by atoms with E-state index in [4.69, 9.17) is 0 Å². The fourth-order valence-electron chi connectivity index (χ4n) is 3.44. The third-order valence-corrected chi connectivity index (χ3v) is 5.34. The molecule has 2 unspecified atom stereocenters. The van der Waals surface area contributed by atoms with E-state index in [1.807, 2.05) is 0 Å². The highest BCUT2D eigenvalue weighted by atomic mass is 15.2. The van der Waals surface area contributed by atoms with Crippen LogP contribution >= 0.6 is 0 Å². The van der Waals surface area contributed by atoms with Crippen LogP contribution in [0.25, 0.3) is 0 Å². The molecule has 2 heteroatoms. The minimum absolute atomic E-state index is 0.459. The lowest BCUT2D eigenvalue weighted by Crippen LogP contribution is -2.50. The Bertz CT molecular complexity index is 258. The Kier molecular flexibility index (Phi) is 7.53. The van der Waals surface area contributed by atoms with Gasteiger partial charge in [-0.2, -0.15) is 0 Å². The van der Waals surface area contributed by atoms with Crippen molar-refractivity contribution in [1.82, 2.24) is 10.2 Å². The van der Waals surface area contributed by atoms with Crippen molar-refractivity contribution in [1.29, 1.82) is 0 Å². The van der Waals surface area contributed by atoms with Gasteiger partial charge in [0.15, 0.2) is 0 Å². The van der Waals surface area contributed by atoms with Gasteiger partial charge in [0.1, 0.15) is 0 Å². The molecule has 120 valence electrons. The molecular weight excluding hydrogens is 244 g/mol. The first-order chi connectivity index (χ1) is 9.42. The Morgan fingerprint density at radius 2 is 1.80 bits per heavy atom. The predicted molar refractivity (Wildman–Crippen MR) is 90.2 cm³/mol. The smallest absolute Gasteiger partial charge is 0.00673 e. The van der Waals surface area contributed by atoms with Gasteiger partial charge in [-0.25, -0.2) is 0 Å². The van der Waals surface area contributed by atoms with Crippen LogP contribution in [0, 0.1) is 17.3 Å². The lowest BCUT2D eigenvalue weighted by molar-refractivity contribution is 0.0603. The molecule has 1 N–H and O–H groups in total. The topological polar surface area (TPSA) is 15.3 Å². The zero-order chi connectivity index (χ0) is 15.2. The monoisotopic (exact) mass is 282 g/mol. The molecule has 0 aromatic heterocycles. The molecule has 1 fully saturated rings. The Morgan fingerprint density at radius 1 is 1.15 bits per heavy atom. The van der Waals surface area contributed by atoms with E-state index in [2.05, 4.69) is 51.8 Å². The summed E-state index contributed by atoms with van der Waals surface area (Å²) >= 11 is 0. The van der Waals surface area contributed by atoms with Gasteiger partial charge in [-0.1, -0.05) is 34.6 Å². The maximum absolute atomic E-state index is 3.72.